The minimum Gasteiger partial charge on any atom is -0.353 e. The molecule has 1 heterocycles. The van der Waals surface area contributed by atoms with Gasteiger partial charge in [-0.05, 0) is 57.9 Å². The molecule has 3 N–H and O–H groups in total. The van der Waals surface area contributed by atoms with E-state index in [1.165, 1.54) is 25.7 Å². The topological polar surface area (TPSA) is 76.7 Å². The van der Waals surface area contributed by atoms with Gasteiger partial charge in [0.1, 0.15) is 0 Å². The highest BCUT2D eigenvalue weighted by atomic mass is 15.2. The SMILES string of the molecule is Cc1nnc(NCC2CCC(CN)CC2)nc1C. The zero-order chi connectivity index (χ0) is 13.0. The molecule has 1 aromatic heterocycles. The van der Waals surface area contributed by atoms with Crippen molar-refractivity contribution in [3.05, 3.63) is 11.4 Å². The van der Waals surface area contributed by atoms with Crippen molar-refractivity contribution in [3.8, 4) is 0 Å². The van der Waals surface area contributed by atoms with Crippen LogP contribution < -0.4 is 11.1 Å². The van der Waals surface area contributed by atoms with Gasteiger partial charge in [0.05, 0.1) is 11.4 Å². The summed E-state index contributed by atoms with van der Waals surface area (Å²) in [6.07, 6.45) is 5.03. The maximum absolute atomic E-state index is 5.70. The molecule has 1 aliphatic carbocycles. The van der Waals surface area contributed by atoms with Gasteiger partial charge in [0, 0.05) is 6.54 Å². The van der Waals surface area contributed by atoms with Crippen molar-refractivity contribution in [2.45, 2.75) is 39.5 Å². The van der Waals surface area contributed by atoms with Gasteiger partial charge in [-0.25, -0.2) is 4.98 Å². The number of nitrogens with one attached hydrogen (secondary N) is 1. The maximum atomic E-state index is 5.70. The van der Waals surface area contributed by atoms with Gasteiger partial charge in [-0.1, -0.05) is 0 Å². The lowest BCUT2D eigenvalue weighted by Crippen LogP contribution is -2.25. The minimum atomic E-state index is 0.652. The lowest BCUT2D eigenvalue weighted by molar-refractivity contribution is 0.289. The zero-order valence-electron chi connectivity index (χ0n) is 11.3. The number of anilines is 1. The van der Waals surface area contributed by atoms with Gasteiger partial charge >= 0.3 is 0 Å². The summed E-state index contributed by atoms with van der Waals surface area (Å²) < 4.78 is 0. The Labute approximate surface area is 109 Å². The molecule has 2 rings (SSSR count). The van der Waals surface area contributed by atoms with Gasteiger partial charge in [0.15, 0.2) is 0 Å². The Morgan fingerprint density at radius 3 is 2.33 bits per heavy atom. The minimum absolute atomic E-state index is 0.652. The van der Waals surface area contributed by atoms with E-state index in [1.54, 1.807) is 0 Å². The van der Waals surface area contributed by atoms with Crippen LogP contribution in [0.4, 0.5) is 5.95 Å². The number of hydrogen-bond acceptors (Lipinski definition) is 5. The Bertz CT molecular complexity index is 385. The Morgan fingerprint density at radius 2 is 1.72 bits per heavy atom. The molecule has 5 nitrogen and oxygen atoms in total. The van der Waals surface area contributed by atoms with Gasteiger partial charge < -0.3 is 11.1 Å². The number of hydrogen-bond donors (Lipinski definition) is 2. The average Bonchev–Trinajstić information content (AvgIpc) is 2.41. The first-order valence-corrected chi connectivity index (χ1v) is 6.81. The van der Waals surface area contributed by atoms with Crippen LogP contribution >= 0.6 is 0 Å². The Morgan fingerprint density at radius 1 is 1.06 bits per heavy atom. The van der Waals surface area contributed by atoms with Crippen LogP contribution in [0.3, 0.4) is 0 Å². The summed E-state index contributed by atoms with van der Waals surface area (Å²) in [4.78, 5) is 4.38. The monoisotopic (exact) mass is 249 g/mol. The molecule has 5 heteroatoms. The van der Waals surface area contributed by atoms with E-state index in [0.29, 0.717) is 5.95 Å². The van der Waals surface area contributed by atoms with Crippen LogP contribution in [0.25, 0.3) is 0 Å². The van der Waals surface area contributed by atoms with Crippen LogP contribution in [0.15, 0.2) is 0 Å². The summed E-state index contributed by atoms with van der Waals surface area (Å²) in [6.45, 7) is 5.67. The van der Waals surface area contributed by atoms with E-state index < -0.39 is 0 Å². The molecule has 100 valence electrons. The molecule has 0 bridgehead atoms. The van der Waals surface area contributed by atoms with E-state index >= 15 is 0 Å². The maximum Gasteiger partial charge on any atom is 0.242 e. The molecule has 1 fully saturated rings. The van der Waals surface area contributed by atoms with E-state index in [4.69, 9.17) is 5.73 Å². The third-order valence-corrected chi connectivity index (χ3v) is 3.94. The Balaban J connectivity index is 1.79. The van der Waals surface area contributed by atoms with Gasteiger partial charge in [0.25, 0.3) is 0 Å². The highest BCUT2D eigenvalue weighted by molar-refractivity contribution is 5.24. The molecule has 0 aliphatic heterocycles. The Hall–Kier alpha value is -1.23. The van der Waals surface area contributed by atoms with Crippen LogP contribution in [0.2, 0.25) is 0 Å². The second-order valence-corrected chi connectivity index (χ2v) is 5.31. The number of nitrogens with two attached hydrogens (primary N) is 1. The molecule has 1 saturated carbocycles. The summed E-state index contributed by atoms with van der Waals surface area (Å²) in [6, 6.07) is 0. The van der Waals surface area contributed by atoms with Crippen molar-refractivity contribution in [2.24, 2.45) is 17.6 Å². The van der Waals surface area contributed by atoms with Crippen molar-refractivity contribution in [1.82, 2.24) is 15.2 Å². The van der Waals surface area contributed by atoms with E-state index in [9.17, 15) is 0 Å². The molecule has 1 aliphatic rings. The second-order valence-electron chi connectivity index (χ2n) is 5.31. The van der Waals surface area contributed by atoms with Crippen LogP contribution in [-0.4, -0.2) is 28.3 Å². The second kappa shape index (κ2) is 6.09. The predicted octanol–water partition coefficient (Wildman–Crippen LogP) is 1.67. The van der Waals surface area contributed by atoms with Gasteiger partial charge in [-0.2, -0.15) is 5.10 Å². The number of aryl methyl sites for hydroxylation is 2. The standard InChI is InChI=1S/C13H23N5/c1-9-10(2)17-18-13(16-9)15-8-12-5-3-11(7-14)4-6-12/h11-12H,3-8,14H2,1-2H3,(H,15,16,18). The first-order chi connectivity index (χ1) is 8.69. The van der Waals surface area contributed by atoms with Crippen LogP contribution in [-0.2, 0) is 0 Å². The highest BCUT2D eigenvalue weighted by Gasteiger charge is 2.20. The van der Waals surface area contributed by atoms with Crippen LogP contribution in [0, 0.1) is 25.7 Å². The summed E-state index contributed by atoms with van der Waals surface area (Å²) in [5.41, 5.74) is 7.54. The van der Waals surface area contributed by atoms with Crippen molar-refractivity contribution >= 4 is 5.95 Å². The van der Waals surface area contributed by atoms with E-state index in [2.05, 4.69) is 20.5 Å². The van der Waals surface area contributed by atoms with Gasteiger partial charge in [-0.3, -0.25) is 0 Å². The molecule has 0 amide bonds. The number of rotatable bonds is 4. The molecule has 0 aromatic carbocycles. The largest absolute Gasteiger partial charge is 0.353 e. The summed E-state index contributed by atoms with van der Waals surface area (Å²) >= 11 is 0. The third-order valence-electron chi connectivity index (χ3n) is 3.94. The molecule has 0 spiro atoms. The number of aromatic nitrogens is 3. The first kappa shape index (κ1) is 13.2. The van der Waals surface area contributed by atoms with Crippen molar-refractivity contribution in [2.75, 3.05) is 18.4 Å². The molecule has 0 unspecified atom stereocenters. The van der Waals surface area contributed by atoms with Crippen molar-refractivity contribution in [3.63, 3.8) is 0 Å². The lowest BCUT2D eigenvalue weighted by Gasteiger charge is -2.27. The van der Waals surface area contributed by atoms with Crippen molar-refractivity contribution in [1.29, 1.82) is 0 Å². The summed E-state index contributed by atoms with van der Waals surface area (Å²) in [5, 5.41) is 11.4. The normalized spacial score (nSPS) is 23.9. The number of nitrogens with zero attached hydrogens (tertiary/aromatic N) is 3. The van der Waals surface area contributed by atoms with Crippen LogP contribution in [0.5, 0.6) is 0 Å². The third kappa shape index (κ3) is 3.38. The first-order valence-electron chi connectivity index (χ1n) is 6.81. The molecular formula is C13H23N5. The van der Waals surface area contributed by atoms with Gasteiger partial charge in [-0.15, -0.1) is 5.10 Å². The van der Waals surface area contributed by atoms with Crippen molar-refractivity contribution < 1.29 is 0 Å². The highest BCUT2D eigenvalue weighted by Crippen LogP contribution is 2.27. The predicted molar refractivity (Wildman–Crippen MR) is 72.3 cm³/mol. The molecular weight excluding hydrogens is 226 g/mol. The quantitative estimate of drug-likeness (QED) is 0.848. The van der Waals surface area contributed by atoms with E-state index in [-0.39, 0.29) is 0 Å². The Kier molecular flexibility index (Phi) is 4.47. The smallest absolute Gasteiger partial charge is 0.242 e. The van der Waals surface area contributed by atoms with Crippen LogP contribution in [0.1, 0.15) is 37.1 Å². The van der Waals surface area contributed by atoms with E-state index in [1.807, 2.05) is 13.8 Å². The van der Waals surface area contributed by atoms with Gasteiger partial charge in [0.2, 0.25) is 5.95 Å². The lowest BCUT2D eigenvalue weighted by atomic mass is 9.82. The fourth-order valence-electron chi connectivity index (χ4n) is 2.44. The fraction of sp³-hybridized carbons (Fsp3) is 0.769. The fourth-order valence-corrected chi connectivity index (χ4v) is 2.44. The molecule has 0 saturated heterocycles. The molecule has 0 radical (unpaired) electrons. The van der Waals surface area contributed by atoms with E-state index in [0.717, 1.165) is 36.3 Å². The molecule has 18 heavy (non-hydrogen) atoms. The summed E-state index contributed by atoms with van der Waals surface area (Å²) in [7, 11) is 0. The summed E-state index contributed by atoms with van der Waals surface area (Å²) in [5.74, 6) is 2.11. The average molecular weight is 249 g/mol. The molecule has 1 aromatic rings. The zero-order valence-corrected chi connectivity index (χ0v) is 11.3. The molecule has 0 atom stereocenters.